The molecule has 1 heterocycles. The van der Waals surface area contributed by atoms with Gasteiger partial charge in [0.15, 0.2) is 6.29 Å². The van der Waals surface area contributed by atoms with Crippen LogP contribution in [0, 0.1) is 0 Å². The second-order valence-electron chi connectivity index (χ2n) is 5.81. The van der Waals surface area contributed by atoms with Gasteiger partial charge in [-0.05, 0) is 11.6 Å². The Balaban J connectivity index is 1.94. The van der Waals surface area contributed by atoms with E-state index < -0.39 is 6.29 Å². The van der Waals surface area contributed by atoms with E-state index in [2.05, 4.69) is 24.3 Å². The van der Waals surface area contributed by atoms with Crippen molar-refractivity contribution in [3.05, 3.63) is 71.8 Å². The van der Waals surface area contributed by atoms with E-state index in [0.717, 1.165) is 27.8 Å². The summed E-state index contributed by atoms with van der Waals surface area (Å²) in [6.45, 7) is 0. The maximum atomic E-state index is 10.2. The molecule has 3 aromatic carbocycles. The summed E-state index contributed by atoms with van der Waals surface area (Å²) in [5, 5.41) is 12.2. The summed E-state index contributed by atoms with van der Waals surface area (Å²) in [6.07, 6.45) is -0.239. The Labute approximate surface area is 135 Å². The van der Waals surface area contributed by atoms with E-state index in [1.807, 2.05) is 36.4 Å². The van der Waals surface area contributed by atoms with E-state index in [0.29, 0.717) is 6.42 Å². The molecule has 1 N–H and O–H groups in total. The maximum Gasteiger partial charge on any atom is 0.198 e. The number of aliphatic hydroxyl groups excluding tert-OH is 1. The van der Waals surface area contributed by atoms with Crippen molar-refractivity contribution in [1.29, 1.82) is 0 Å². The van der Waals surface area contributed by atoms with E-state index in [-0.39, 0.29) is 5.92 Å². The van der Waals surface area contributed by atoms with Crippen LogP contribution in [-0.4, -0.2) is 18.5 Å². The second-order valence-corrected chi connectivity index (χ2v) is 5.81. The third-order valence-corrected chi connectivity index (χ3v) is 4.49. The van der Waals surface area contributed by atoms with Gasteiger partial charge in [0.25, 0.3) is 0 Å². The lowest BCUT2D eigenvalue weighted by atomic mass is 9.85. The molecule has 0 saturated carbocycles. The number of hydrogen-bond acceptors (Lipinski definition) is 3. The summed E-state index contributed by atoms with van der Waals surface area (Å²) in [5.74, 6) is 1.70. The van der Waals surface area contributed by atoms with Crippen LogP contribution in [0.25, 0.3) is 10.8 Å². The molecule has 1 aliphatic rings. The molecule has 0 fully saturated rings. The lowest BCUT2D eigenvalue weighted by Crippen LogP contribution is -2.25. The van der Waals surface area contributed by atoms with E-state index >= 15 is 0 Å². The number of rotatable bonds is 2. The van der Waals surface area contributed by atoms with Crippen LogP contribution in [0.2, 0.25) is 0 Å². The first-order valence-electron chi connectivity index (χ1n) is 7.77. The topological polar surface area (TPSA) is 38.7 Å². The number of benzene rings is 3. The Morgan fingerprint density at radius 3 is 2.57 bits per heavy atom. The fourth-order valence-corrected chi connectivity index (χ4v) is 3.42. The molecular weight excluding hydrogens is 288 g/mol. The fourth-order valence-electron chi connectivity index (χ4n) is 3.42. The first-order valence-corrected chi connectivity index (χ1v) is 7.77. The van der Waals surface area contributed by atoms with E-state index in [1.165, 1.54) is 5.56 Å². The molecule has 3 nitrogen and oxygen atoms in total. The molecule has 23 heavy (non-hydrogen) atoms. The van der Waals surface area contributed by atoms with Crippen LogP contribution < -0.4 is 9.47 Å². The summed E-state index contributed by atoms with van der Waals surface area (Å²) in [6, 6.07) is 20.3. The van der Waals surface area contributed by atoms with Crippen LogP contribution in [0.15, 0.2) is 60.7 Å². The number of aliphatic hydroxyl groups is 1. The minimum atomic E-state index is -0.801. The summed E-state index contributed by atoms with van der Waals surface area (Å²) >= 11 is 0. The standard InChI is InChI=1S/C20H18O3/c1-22-18-9-5-8-15-14(18)10-11-16-17(12-19(21)23-20(15)16)13-6-3-2-4-7-13/h2-11,17,19,21H,12H2,1H3/t17-,19-/m0/s1. The number of fused-ring (bicyclic) bond motifs is 3. The van der Waals surface area contributed by atoms with Gasteiger partial charge in [-0.3, -0.25) is 0 Å². The number of methoxy groups -OCH3 is 1. The minimum absolute atomic E-state index is 0.130. The van der Waals surface area contributed by atoms with Gasteiger partial charge < -0.3 is 14.6 Å². The molecular formula is C20H18O3. The Bertz CT molecular complexity index is 842. The molecule has 116 valence electrons. The molecule has 0 radical (unpaired) electrons. The third-order valence-electron chi connectivity index (χ3n) is 4.49. The molecule has 0 aliphatic carbocycles. The van der Waals surface area contributed by atoms with Gasteiger partial charge in [0.05, 0.1) is 7.11 Å². The first kappa shape index (κ1) is 14.1. The summed E-state index contributed by atoms with van der Waals surface area (Å²) in [5.41, 5.74) is 2.31. The van der Waals surface area contributed by atoms with Gasteiger partial charge in [0.2, 0.25) is 0 Å². The highest BCUT2D eigenvalue weighted by Crippen LogP contribution is 2.45. The van der Waals surface area contributed by atoms with Crippen molar-refractivity contribution in [3.63, 3.8) is 0 Å². The monoisotopic (exact) mass is 306 g/mol. The Morgan fingerprint density at radius 1 is 0.957 bits per heavy atom. The predicted octanol–water partition coefficient (Wildman–Crippen LogP) is 4.08. The minimum Gasteiger partial charge on any atom is -0.496 e. The average molecular weight is 306 g/mol. The highest BCUT2D eigenvalue weighted by molar-refractivity contribution is 5.94. The second kappa shape index (κ2) is 5.60. The third kappa shape index (κ3) is 2.34. The van der Waals surface area contributed by atoms with Crippen LogP contribution in [0.3, 0.4) is 0 Å². The number of hydrogen-bond donors (Lipinski definition) is 1. The molecule has 0 aromatic heterocycles. The molecule has 3 heteroatoms. The Kier molecular flexibility index (Phi) is 3.43. The van der Waals surface area contributed by atoms with Crippen LogP contribution >= 0.6 is 0 Å². The SMILES string of the molecule is COc1cccc2c3c(ccc12)[C@H](c1ccccc1)C[C@@H](O)O3. The smallest absolute Gasteiger partial charge is 0.198 e. The van der Waals surface area contributed by atoms with Gasteiger partial charge in [-0.25, -0.2) is 0 Å². The molecule has 1 aliphatic heterocycles. The van der Waals surface area contributed by atoms with Crippen LogP contribution in [0.5, 0.6) is 11.5 Å². The zero-order valence-corrected chi connectivity index (χ0v) is 12.9. The molecule has 4 rings (SSSR count). The van der Waals surface area contributed by atoms with Crippen molar-refractivity contribution in [2.24, 2.45) is 0 Å². The first-order chi connectivity index (χ1) is 11.3. The zero-order chi connectivity index (χ0) is 15.8. The molecule has 0 spiro atoms. The lowest BCUT2D eigenvalue weighted by Gasteiger charge is -2.31. The highest BCUT2D eigenvalue weighted by atomic mass is 16.6. The molecule has 0 saturated heterocycles. The van der Waals surface area contributed by atoms with Crippen molar-refractivity contribution in [2.75, 3.05) is 7.11 Å². The van der Waals surface area contributed by atoms with E-state index in [4.69, 9.17) is 9.47 Å². The van der Waals surface area contributed by atoms with Gasteiger partial charge in [0, 0.05) is 28.7 Å². The molecule has 3 aromatic rings. The van der Waals surface area contributed by atoms with Crippen LogP contribution in [-0.2, 0) is 0 Å². The van der Waals surface area contributed by atoms with Gasteiger partial charge in [-0.2, -0.15) is 0 Å². The summed E-state index contributed by atoms with van der Waals surface area (Å²) in [4.78, 5) is 0. The van der Waals surface area contributed by atoms with E-state index in [9.17, 15) is 5.11 Å². The maximum absolute atomic E-state index is 10.2. The van der Waals surface area contributed by atoms with Crippen molar-refractivity contribution >= 4 is 10.8 Å². The van der Waals surface area contributed by atoms with E-state index in [1.54, 1.807) is 7.11 Å². The van der Waals surface area contributed by atoms with Crippen LogP contribution in [0.1, 0.15) is 23.5 Å². The average Bonchev–Trinajstić information content (AvgIpc) is 2.61. The van der Waals surface area contributed by atoms with Gasteiger partial charge >= 0.3 is 0 Å². The largest absolute Gasteiger partial charge is 0.496 e. The van der Waals surface area contributed by atoms with Gasteiger partial charge in [-0.15, -0.1) is 0 Å². The van der Waals surface area contributed by atoms with Gasteiger partial charge in [-0.1, -0.05) is 54.6 Å². The van der Waals surface area contributed by atoms with Crippen molar-refractivity contribution in [3.8, 4) is 11.5 Å². The molecule has 0 unspecified atom stereocenters. The quantitative estimate of drug-likeness (QED) is 0.775. The highest BCUT2D eigenvalue weighted by Gasteiger charge is 2.29. The van der Waals surface area contributed by atoms with Crippen LogP contribution in [0.4, 0.5) is 0 Å². The number of ether oxygens (including phenoxy) is 2. The molecule has 2 atom stereocenters. The van der Waals surface area contributed by atoms with Gasteiger partial charge in [0.1, 0.15) is 11.5 Å². The zero-order valence-electron chi connectivity index (χ0n) is 12.9. The Hall–Kier alpha value is -2.52. The van der Waals surface area contributed by atoms with Crippen molar-refractivity contribution < 1.29 is 14.6 Å². The van der Waals surface area contributed by atoms with Crippen molar-refractivity contribution in [2.45, 2.75) is 18.6 Å². The molecule has 0 amide bonds. The predicted molar refractivity (Wildman–Crippen MR) is 90.0 cm³/mol. The Morgan fingerprint density at radius 2 is 1.78 bits per heavy atom. The normalized spacial score (nSPS) is 19.9. The fraction of sp³-hybridized carbons (Fsp3) is 0.200. The summed E-state index contributed by atoms with van der Waals surface area (Å²) < 4.78 is 11.2. The molecule has 0 bridgehead atoms. The lowest BCUT2D eigenvalue weighted by molar-refractivity contribution is -0.0347. The summed E-state index contributed by atoms with van der Waals surface area (Å²) in [7, 11) is 1.66. The van der Waals surface area contributed by atoms with Crippen molar-refractivity contribution in [1.82, 2.24) is 0 Å².